The first kappa shape index (κ1) is 24.4. The molecular formula is C20H27F3N4O4. The van der Waals surface area contributed by atoms with Gasteiger partial charge in [-0.05, 0) is 17.5 Å². The Balaban J connectivity index is 2.32. The smallest absolute Gasteiger partial charge is 0.362 e. The van der Waals surface area contributed by atoms with E-state index in [1.54, 1.807) is 30.6 Å². The minimum absolute atomic E-state index is 0.0845. The Morgan fingerprint density at radius 3 is 2.13 bits per heavy atom. The Morgan fingerprint density at radius 2 is 1.68 bits per heavy atom. The Bertz CT molecular complexity index is 828. The average Bonchev–Trinajstić information content (AvgIpc) is 2.64. The van der Waals surface area contributed by atoms with E-state index in [0.717, 1.165) is 6.07 Å². The van der Waals surface area contributed by atoms with E-state index in [1.165, 1.54) is 19.1 Å². The summed E-state index contributed by atoms with van der Waals surface area (Å²) in [6.45, 7) is 6.51. The van der Waals surface area contributed by atoms with Gasteiger partial charge < -0.3 is 14.7 Å². The van der Waals surface area contributed by atoms with Gasteiger partial charge in [0.2, 0.25) is 5.91 Å². The van der Waals surface area contributed by atoms with E-state index in [2.05, 4.69) is 0 Å². The number of carbonyl (C=O) groups is 2. The van der Waals surface area contributed by atoms with Crippen molar-refractivity contribution in [2.45, 2.75) is 33.9 Å². The topological polar surface area (TPSA) is 87.0 Å². The maximum absolute atomic E-state index is 13.0. The van der Waals surface area contributed by atoms with Crippen molar-refractivity contribution in [3.63, 3.8) is 0 Å². The lowest BCUT2D eigenvalue weighted by Gasteiger charge is -2.35. The third kappa shape index (κ3) is 6.83. The average molecular weight is 444 g/mol. The normalized spacial score (nSPS) is 15.1. The molecule has 172 valence electrons. The Kier molecular flexibility index (Phi) is 7.17. The van der Waals surface area contributed by atoms with E-state index < -0.39 is 29.0 Å². The molecule has 1 fully saturated rings. The molecule has 1 saturated heterocycles. The number of amides is 2. The molecule has 1 aromatic rings. The number of nitrogens with zero attached hydrogens (tertiary/aromatic N) is 4. The van der Waals surface area contributed by atoms with Crippen LogP contribution in [-0.4, -0.2) is 72.0 Å². The first-order chi connectivity index (χ1) is 14.2. The summed E-state index contributed by atoms with van der Waals surface area (Å²) in [4.78, 5) is 39.3. The number of carbonyl (C=O) groups excluding carboxylic acids is 2. The quantitative estimate of drug-likeness (QED) is 0.514. The summed E-state index contributed by atoms with van der Waals surface area (Å²) >= 11 is 0. The standard InChI is InChI=1S/C20H27F3N4O4/c1-14(28)24-7-9-25(10-8-24)16-6-5-15(11-17(16)27(30)31)18(29)26(12-19(2,3)4)13-20(21,22)23/h5-6,11H,7-10,12-13H2,1-4H3. The fourth-order valence-electron chi connectivity index (χ4n) is 3.50. The van der Waals surface area contributed by atoms with Crippen LogP contribution in [0.25, 0.3) is 0 Å². The van der Waals surface area contributed by atoms with Gasteiger partial charge in [-0.25, -0.2) is 0 Å². The molecule has 0 radical (unpaired) electrons. The number of alkyl halides is 3. The number of anilines is 1. The summed E-state index contributed by atoms with van der Waals surface area (Å²) < 4.78 is 39.1. The molecule has 1 aliphatic heterocycles. The molecular weight excluding hydrogens is 417 g/mol. The van der Waals surface area contributed by atoms with Crippen molar-refractivity contribution in [1.29, 1.82) is 0 Å². The number of piperazine rings is 1. The van der Waals surface area contributed by atoms with Gasteiger partial charge in [0.05, 0.1) is 4.92 Å². The van der Waals surface area contributed by atoms with Gasteiger partial charge in [0, 0.05) is 51.3 Å². The van der Waals surface area contributed by atoms with Gasteiger partial charge in [0.25, 0.3) is 11.6 Å². The van der Waals surface area contributed by atoms with Crippen molar-refractivity contribution in [2.75, 3.05) is 44.2 Å². The molecule has 0 unspecified atom stereocenters. The number of halogens is 3. The molecule has 1 heterocycles. The third-order valence-corrected chi connectivity index (χ3v) is 4.81. The zero-order chi connectivity index (χ0) is 23.6. The van der Waals surface area contributed by atoms with Crippen molar-refractivity contribution in [1.82, 2.24) is 9.80 Å². The van der Waals surface area contributed by atoms with Crippen LogP contribution in [0, 0.1) is 15.5 Å². The molecule has 11 heteroatoms. The molecule has 0 saturated carbocycles. The minimum Gasteiger partial charge on any atom is -0.362 e. The molecule has 2 amide bonds. The number of benzene rings is 1. The maximum atomic E-state index is 13.0. The van der Waals surface area contributed by atoms with E-state index in [1.807, 2.05) is 0 Å². The van der Waals surface area contributed by atoms with Crippen LogP contribution in [-0.2, 0) is 4.79 Å². The van der Waals surface area contributed by atoms with E-state index in [9.17, 15) is 32.9 Å². The van der Waals surface area contributed by atoms with Crippen molar-refractivity contribution < 1.29 is 27.7 Å². The molecule has 0 aromatic heterocycles. The second-order valence-corrected chi connectivity index (χ2v) is 8.79. The van der Waals surface area contributed by atoms with E-state index in [-0.39, 0.29) is 29.4 Å². The van der Waals surface area contributed by atoms with Crippen LogP contribution >= 0.6 is 0 Å². The maximum Gasteiger partial charge on any atom is 0.406 e. The van der Waals surface area contributed by atoms with Crippen LogP contribution in [0.3, 0.4) is 0 Å². The summed E-state index contributed by atoms with van der Waals surface area (Å²) in [6.07, 6.45) is -4.59. The SMILES string of the molecule is CC(=O)N1CCN(c2ccc(C(=O)N(CC(C)(C)C)CC(F)(F)F)cc2[N+](=O)[O-])CC1. The van der Waals surface area contributed by atoms with Gasteiger partial charge in [-0.2, -0.15) is 13.2 Å². The fourth-order valence-corrected chi connectivity index (χ4v) is 3.50. The molecule has 0 N–H and O–H groups in total. The van der Waals surface area contributed by atoms with E-state index in [4.69, 9.17) is 0 Å². The zero-order valence-electron chi connectivity index (χ0n) is 18.0. The zero-order valence-corrected chi connectivity index (χ0v) is 18.0. The Hall–Kier alpha value is -2.85. The lowest BCUT2D eigenvalue weighted by atomic mass is 9.95. The van der Waals surface area contributed by atoms with Crippen LogP contribution in [0.2, 0.25) is 0 Å². The molecule has 8 nitrogen and oxygen atoms in total. The number of nitro groups is 1. The van der Waals surface area contributed by atoms with Crippen LogP contribution in [0.4, 0.5) is 24.5 Å². The highest BCUT2D eigenvalue weighted by atomic mass is 19.4. The first-order valence-corrected chi connectivity index (χ1v) is 9.83. The highest BCUT2D eigenvalue weighted by Crippen LogP contribution is 2.31. The van der Waals surface area contributed by atoms with Crippen LogP contribution in [0.5, 0.6) is 0 Å². The largest absolute Gasteiger partial charge is 0.406 e. The van der Waals surface area contributed by atoms with Gasteiger partial charge in [0.15, 0.2) is 0 Å². The minimum atomic E-state index is -4.59. The number of nitro benzene ring substituents is 1. The van der Waals surface area contributed by atoms with Crippen molar-refractivity contribution >= 4 is 23.2 Å². The number of hydrogen-bond acceptors (Lipinski definition) is 5. The van der Waals surface area contributed by atoms with Crippen molar-refractivity contribution in [3.05, 3.63) is 33.9 Å². The fraction of sp³-hybridized carbons (Fsp3) is 0.600. The summed E-state index contributed by atoms with van der Waals surface area (Å²) in [5.74, 6) is -0.998. The number of rotatable bonds is 5. The second-order valence-electron chi connectivity index (χ2n) is 8.79. The first-order valence-electron chi connectivity index (χ1n) is 9.83. The van der Waals surface area contributed by atoms with Crippen LogP contribution in [0.1, 0.15) is 38.1 Å². The second kappa shape index (κ2) is 9.11. The van der Waals surface area contributed by atoms with Gasteiger partial charge in [0.1, 0.15) is 12.2 Å². The van der Waals surface area contributed by atoms with Crippen molar-refractivity contribution in [3.8, 4) is 0 Å². The van der Waals surface area contributed by atoms with Crippen molar-refractivity contribution in [2.24, 2.45) is 5.41 Å². The molecule has 0 bridgehead atoms. The van der Waals surface area contributed by atoms with Gasteiger partial charge in [-0.15, -0.1) is 0 Å². The van der Waals surface area contributed by atoms with E-state index in [0.29, 0.717) is 31.1 Å². The summed E-state index contributed by atoms with van der Waals surface area (Å²) in [5.41, 5.74) is -0.859. The van der Waals surface area contributed by atoms with Crippen LogP contribution < -0.4 is 4.90 Å². The summed E-state index contributed by atoms with van der Waals surface area (Å²) in [6, 6.07) is 3.73. The van der Waals surface area contributed by atoms with Gasteiger partial charge >= 0.3 is 6.18 Å². The molecule has 0 atom stereocenters. The Morgan fingerprint density at radius 1 is 1.10 bits per heavy atom. The molecule has 0 aliphatic carbocycles. The Labute approximate surface area is 178 Å². The lowest BCUT2D eigenvalue weighted by molar-refractivity contribution is -0.384. The molecule has 31 heavy (non-hydrogen) atoms. The van der Waals surface area contributed by atoms with Gasteiger partial charge in [-0.3, -0.25) is 19.7 Å². The molecule has 1 aliphatic rings. The third-order valence-electron chi connectivity index (χ3n) is 4.81. The summed E-state index contributed by atoms with van der Waals surface area (Å²) in [7, 11) is 0. The molecule has 1 aromatic carbocycles. The lowest BCUT2D eigenvalue weighted by Crippen LogP contribution is -2.48. The summed E-state index contributed by atoms with van der Waals surface area (Å²) in [5, 5.41) is 11.6. The highest BCUT2D eigenvalue weighted by molar-refractivity contribution is 5.96. The highest BCUT2D eigenvalue weighted by Gasteiger charge is 2.36. The van der Waals surface area contributed by atoms with Crippen LogP contribution in [0.15, 0.2) is 18.2 Å². The predicted molar refractivity (Wildman–Crippen MR) is 109 cm³/mol. The van der Waals surface area contributed by atoms with Gasteiger partial charge in [-0.1, -0.05) is 20.8 Å². The molecule has 2 rings (SSSR count). The molecule has 0 spiro atoms. The predicted octanol–water partition coefficient (Wildman–Crippen LogP) is 3.31. The monoisotopic (exact) mass is 444 g/mol. The number of hydrogen-bond donors (Lipinski definition) is 0. The van der Waals surface area contributed by atoms with E-state index >= 15 is 0 Å².